The molecule has 5 heteroatoms. The van der Waals surface area contributed by atoms with Crippen LogP contribution in [0.3, 0.4) is 0 Å². The number of aromatic amines is 1. The van der Waals surface area contributed by atoms with Crippen LogP contribution in [-0.4, -0.2) is 34.5 Å². The van der Waals surface area contributed by atoms with E-state index >= 15 is 0 Å². The zero-order valence-electron chi connectivity index (χ0n) is 8.16. The first kappa shape index (κ1) is 11.5. The monoisotopic (exact) mass is 217 g/mol. The number of nitrogens with one attached hydrogen (secondary N) is 2. The Balaban J connectivity index is 0.000000980. The second-order valence-electron chi connectivity index (χ2n) is 3.73. The molecule has 1 fully saturated rings. The number of nitrogens with zero attached hydrogens (tertiary/aromatic N) is 1. The van der Waals surface area contributed by atoms with Gasteiger partial charge >= 0.3 is 0 Å². The Morgan fingerprint density at radius 2 is 2.36 bits per heavy atom. The molecule has 2 atom stereocenters. The summed E-state index contributed by atoms with van der Waals surface area (Å²) in [6, 6.07) is 2.03. The SMILES string of the molecule is Cc1cc(C[C@@H]2CNC[C@H]2O)n[nH]1.Cl. The largest absolute Gasteiger partial charge is 0.391 e. The van der Waals surface area contributed by atoms with Crippen molar-refractivity contribution in [1.29, 1.82) is 0 Å². The molecular formula is C9H16ClN3O. The molecule has 1 saturated heterocycles. The highest BCUT2D eigenvalue weighted by molar-refractivity contribution is 5.85. The van der Waals surface area contributed by atoms with Gasteiger partial charge in [-0.05, 0) is 19.4 Å². The third-order valence-corrected chi connectivity index (χ3v) is 2.53. The molecular weight excluding hydrogens is 202 g/mol. The van der Waals surface area contributed by atoms with Crippen molar-refractivity contribution in [2.45, 2.75) is 19.4 Å². The van der Waals surface area contributed by atoms with E-state index in [1.807, 2.05) is 13.0 Å². The molecule has 1 aliphatic rings. The predicted octanol–water partition coefficient (Wildman–Crippen LogP) is 0.263. The summed E-state index contributed by atoms with van der Waals surface area (Å²) in [6.07, 6.45) is 0.649. The Kier molecular flexibility index (Phi) is 3.92. The lowest BCUT2D eigenvalue weighted by atomic mass is 10.0. The van der Waals surface area contributed by atoms with Crippen molar-refractivity contribution >= 4 is 12.4 Å². The van der Waals surface area contributed by atoms with E-state index < -0.39 is 0 Å². The number of rotatable bonds is 2. The summed E-state index contributed by atoms with van der Waals surface area (Å²) in [7, 11) is 0. The molecule has 0 amide bonds. The highest BCUT2D eigenvalue weighted by Crippen LogP contribution is 2.14. The molecule has 0 bridgehead atoms. The van der Waals surface area contributed by atoms with Gasteiger partial charge in [-0.3, -0.25) is 5.10 Å². The van der Waals surface area contributed by atoms with Crippen molar-refractivity contribution in [3.05, 3.63) is 17.5 Å². The van der Waals surface area contributed by atoms with Crippen LogP contribution in [-0.2, 0) is 6.42 Å². The van der Waals surface area contributed by atoms with Crippen molar-refractivity contribution in [1.82, 2.24) is 15.5 Å². The lowest BCUT2D eigenvalue weighted by Gasteiger charge is -2.10. The molecule has 1 aliphatic heterocycles. The fourth-order valence-corrected chi connectivity index (χ4v) is 1.78. The predicted molar refractivity (Wildman–Crippen MR) is 56.6 cm³/mol. The van der Waals surface area contributed by atoms with Crippen LogP contribution >= 0.6 is 12.4 Å². The summed E-state index contributed by atoms with van der Waals surface area (Å²) < 4.78 is 0. The number of aromatic nitrogens is 2. The Hall–Kier alpha value is -0.580. The third kappa shape index (κ3) is 2.47. The van der Waals surface area contributed by atoms with Gasteiger partial charge in [0.15, 0.2) is 0 Å². The summed E-state index contributed by atoms with van der Waals surface area (Å²) in [6.45, 7) is 3.60. The van der Waals surface area contributed by atoms with Crippen LogP contribution in [0, 0.1) is 12.8 Å². The lowest BCUT2D eigenvalue weighted by molar-refractivity contribution is 0.147. The van der Waals surface area contributed by atoms with E-state index in [-0.39, 0.29) is 18.5 Å². The maximum Gasteiger partial charge on any atom is 0.0708 e. The summed E-state index contributed by atoms with van der Waals surface area (Å²) in [4.78, 5) is 0. The lowest BCUT2D eigenvalue weighted by Crippen LogP contribution is -2.20. The summed E-state index contributed by atoms with van der Waals surface area (Å²) in [5, 5.41) is 19.8. The summed E-state index contributed by atoms with van der Waals surface area (Å²) in [5.74, 6) is 0.322. The van der Waals surface area contributed by atoms with Crippen LogP contribution in [0.5, 0.6) is 0 Å². The van der Waals surface area contributed by atoms with Crippen LogP contribution in [0.1, 0.15) is 11.4 Å². The highest BCUT2D eigenvalue weighted by Gasteiger charge is 2.25. The van der Waals surface area contributed by atoms with Gasteiger partial charge in [0, 0.05) is 24.7 Å². The summed E-state index contributed by atoms with van der Waals surface area (Å²) >= 11 is 0. The van der Waals surface area contributed by atoms with Gasteiger partial charge in [-0.1, -0.05) is 0 Å². The average Bonchev–Trinajstić information content (AvgIpc) is 2.64. The number of β-amino-alcohol motifs (C(OH)–C–C–N with tert-alkyl or cyclic N) is 1. The number of aliphatic hydroxyl groups is 1. The van der Waals surface area contributed by atoms with Crippen LogP contribution in [0.4, 0.5) is 0 Å². The molecule has 0 aromatic carbocycles. The van der Waals surface area contributed by atoms with Crippen molar-refractivity contribution in [2.75, 3.05) is 13.1 Å². The van der Waals surface area contributed by atoms with Crippen LogP contribution < -0.4 is 5.32 Å². The van der Waals surface area contributed by atoms with E-state index in [1.165, 1.54) is 0 Å². The molecule has 0 aliphatic carbocycles. The fourth-order valence-electron chi connectivity index (χ4n) is 1.78. The minimum absolute atomic E-state index is 0. The van der Waals surface area contributed by atoms with E-state index in [2.05, 4.69) is 15.5 Å². The molecule has 14 heavy (non-hydrogen) atoms. The number of aryl methyl sites for hydroxylation is 1. The van der Waals surface area contributed by atoms with E-state index in [0.29, 0.717) is 12.5 Å². The Labute approximate surface area is 89.5 Å². The van der Waals surface area contributed by atoms with E-state index in [1.54, 1.807) is 0 Å². The first-order valence-electron chi connectivity index (χ1n) is 4.65. The molecule has 2 rings (SSSR count). The normalized spacial score (nSPS) is 26.1. The molecule has 0 unspecified atom stereocenters. The fraction of sp³-hybridized carbons (Fsp3) is 0.667. The van der Waals surface area contributed by atoms with Gasteiger partial charge in [0.05, 0.1) is 11.8 Å². The van der Waals surface area contributed by atoms with Gasteiger partial charge in [-0.2, -0.15) is 5.10 Å². The van der Waals surface area contributed by atoms with Crippen LogP contribution in [0.2, 0.25) is 0 Å². The first-order valence-corrected chi connectivity index (χ1v) is 4.65. The molecule has 1 aromatic rings. The van der Waals surface area contributed by atoms with Gasteiger partial charge in [-0.15, -0.1) is 12.4 Å². The summed E-state index contributed by atoms with van der Waals surface area (Å²) in [5.41, 5.74) is 2.13. The third-order valence-electron chi connectivity index (χ3n) is 2.53. The zero-order chi connectivity index (χ0) is 9.26. The maximum absolute atomic E-state index is 9.56. The molecule has 80 valence electrons. The van der Waals surface area contributed by atoms with E-state index in [0.717, 1.165) is 24.4 Å². The van der Waals surface area contributed by atoms with Gasteiger partial charge < -0.3 is 10.4 Å². The Morgan fingerprint density at radius 1 is 1.57 bits per heavy atom. The standard InChI is InChI=1S/C9H15N3O.ClH/c1-6-2-8(12-11-6)3-7-4-10-5-9(7)13;/h2,7,9-10,13H,3-5H2,1H3,(H,11,12);1H/t7-,9-;/m1./s1. The first-order chi connectivity index (χ1) is 6.25. The highest BCUT2D eigenvalue weighted by atomic mass is 35.5. The van der Waals surface area contributed by atoms with Gasteiger partial charge in [0.25, 0.3) is 0 Å². The quantitative estimate of drug-likeness (QED) is 0.666. The van der Waals surface area contributed by atoms with Crippen molar-refractivity contribution in [2.24, 2.45) is 5.92 Å². The van der Waals surface area contributed by atoms with Crippen molar-refractivity contribution in [3.63, 3.8) is 0 Å². The van der Waals surface area contributed by atoms with Gasteiger partial charge in [0.2, 0.25) is 0 Å². The molecule has 2 heterocycles. The molecule has 3 N–H and O–H groups in total. The minimum atomic E-state index is -0.211. The zero-order valence-corrected chi connectivity index (χ0v) is 8.97. The van der Waals surface area contributed by atoms with Crippen LogP contribution in [0.15, 0.2) is 6.07 Å². The molecule has 1 aromatic heterocycles. The van der Waals surface area contributed by atoms with Gasteiger partial charge in [-0.25, -0.2) is 0 Å². The van der Waals surface area contributed by atoms with Crippen molar-refractivity contribution < 1.29 is 5.11 Å². The number of halogens is 1. The van der Waals surface area contributed by atoms with Crippen LogP contribution in [0.25, 0.3) is 0 Å². The molecule has 0 spiro atoms. The maximum atomic E-state index is 9.56. The van der Waals surface area contributed by atoms with Gasteiger partial charge in [0.1, 0.15) is 0 Å². The average molecular weight is 218 g/mol. The molecule has 4 nitrogen and oxygen atoms in total. The molecule has 0 radical (unpaired) electrons. The second-order valence-corrected chi connectivity index (χ2v) is 3.73. The number of hydrogen-bond acceptors (Lipinski definition) is 3. The minimum Gasteiger partial charge on any atom is -0.391 e. The van der Waals surface area contributed by atoms with E-state index in [9.17, 15) is 5.11 Å². The Morgan fingerprint density at radius 3 is 2.86 bits per heavy atom. The smallest absolute Gasteiger partial charge is 0.0708 e. The van der Waals surface area contributed by atoms with E-state index in [4.69, 9.17) is 0 Å². The molecule has 0 saturated carbocycles. The number of hydrogen-bond donors (Lipinski definition) is 3. The second kappa shape index (κ2) is 4.77. The topological polar surface area (TPSA) is 60.9 Å². The van der Waals surface area contributed by atoms with Crippen molar-refractivity contribution in [3.8, 4) is 0 Å². The number of aliphatic hydroxyl groups excluding tert-OH is 1. The number of H-pyrrole nitrogens is 1. The Bertz CT molecular complexity index is 289.